The SMILES string of the molecule is O=C(c1c(F)cccc1-c1cscn1)N1CCC(F)(F)C(Oc2ccc3ccccc3n2)C1. The van der Waals surface area contributed by atoms with Crippen LogP contribution in [0.3, 0.4) is 0 Å². The number of alkyl halides is 2. The minimum Gasteiger partial charge on any atom is -0.466 e. The minimum absolute atomic E-state index is 0.0433. The molecule has 0 N–H and O–H groups in total. The Hall–Kier alpha value is -3.46. The van der Waals surface area contributed by atoms with E-state index in [2.05, 4.69) is 9.97 Å². The number of likely N-dealkylation sites (tertiary alicyclic amines) is 1. The number of ether oxygens (including phenoxy) is 1. The summed E-state index contributed by atoms with van der Waals surface area (Å²) in [5.74, 6) is -4.53. The summed E-state index contributed by atoms with van der Waals surface area (Å²) in [6.07, 6.45) is -2.21. The minimum atomic E-state index is -3.17. The molecule has 0 aliphatic carbocycles. The first kappa shape index (κ1) is 21.4. The number of pyridine rings is 1. The van der Waals surface area contributed by atoms with Crippen molar-refractivity contribution >= 4 is 28.1 Å². The number of carbonyl (C=O) groups is 1. The maximum Gasteiger partial charge on any atom is 0.287 e. The van der Waals surface area contributed by atoms with Crippen LogP contribution in [-0.4, -0.2) is 45.9 Å². The molecule has 1 unspecified atom stereocenters. The number of piperidine rings is 1. The van der Waals surface area contributed by atoms with Gasteiger partial charge in [-0.05, 0) is 18.2 Å². The molecule has 0 radical (unpaired) electrons. The van der Waals surface area contributed by atoms with E-state index in [9.17, 15) is 18.0 Å². The Morgan fingerprint density at radius 2 is 1.97 bits per heavy atom. The highest BCUT2D eigenvalue weighted by atomic mass is 32.1. The summed E-state index contributed by atoms with van der Waals surface area (Å²) in [6.45, 7) is -0.618. The Balaban J connectivity index is 1.42. The van der Waals surface area contributed by atoms with Crippen LogP contribution >= 0.6 is 11.3 Å². The first-order valence-corrected chi connectivity index (χ1v) is 11.2. The molecule has 1 fully saturated rings. The molecule has 3 heterocycles. The molecule has 0 spiro atoms. The number of para-hydroxylation sites is 1. The van der Waals surface area contributed by atoms with E-state index in [0.717, 1.165) is 5.39 Å². The predicted molar refractivity (Wildman–Crippen MR) is 119 cm³/mol. The van der Waals surface area contributed by atoms with E-state index in [-0.39, 0.29) is 18.0 Å². The van der Waals surface area contributed by atoms with Crippen LogP contribution < -0.4 is 4.74 Å². The fraction of sp³-hybridized carbons (Fsp3) is 0.208. The number of fused-ring (bicyclic) bond motifs is 1. The topological polar surface area (TPSA) is 55.3 Å². The van der Waals surface area contributed by atoms with Gasteiger partial charge >= 0.3 is 0 Å². The summed E-state index contributed by atoms with van der Waals surface area (Å²) in [4.78, 5) is 22.9. The number of carbonyl (C=O) groups excluding carboxylic acids is 1. The molecule has 5 rings (SSSR count). The van der Waals surface area contributed by atoms with Gasteiger partial charge in [0.2, 0.25) is 5.88 Å². The van der Waals surface area contributed by atoms with Crippen LogP contribution in [-0.2, 0) is 0 Å². The van der Waals surface area contributed by atoms with Gasteiger partial charge in [0.15, 0.2) is 6.10 Å². The van der Waals surface area contributed by atoms with Crippen molar-refractivity contribution in [3.05, 3.63) is 76.9 Å². The molecule has 5 nitrogen and oxygen atoms in total. The van der Waals surface area contributed by atoms with Gasteiger partial charge < -0.3 is 9.64 Å². The van der Waals surface area contributed by atoms with E-state index in [1.165, 1.54) is 34.4 Å². The number of thiazole rings is 1. The molecule has 2 aromatic heterocycles. The van der Waals surface area contributed by atoms with Crippen LogP contribution in [0.15, 0.2) is 65.5 Å². The van der Waals surface area contributed by atoms with Gasteiger partial charge in [0, 0.05) is 35.4 Å². The van der Waals surface area contributed by atoms with Gasteiger partial charge in [-0.1, -0.05) is 30.3 Å². The van der Waals surface area contributed by atoms with Crippen LogP contribution in [0.5, 0.6) is 5.88 Å². The summed E-state index contributed by atoms with van der Waals surface area (Å²) in [5, 5.41) is 2.55. The third-order valence-electron chi connectivity index (χ3n) is 5.63. The lowest BCUT2D eigenvalue weighted by Crippen LogP contribution is -2.55. The average Bonchev–Trinajstić information content (AvgIpc) is 3.35. The lowest BCUT2D eigenvalue weighted by Gasteiger charge is -2.38. The highest BCUT2D eigenvalue weighted by molar-refractivity contribution is 7.07. The van der Waals surface area contributed by atoms with Crippen LogP contribution in [0.25, 0.3) is 22.2 Å². The van der Waals surface area contributed by atoms with Crippen molar-refractivity contribution < 1.29 is 22.7 Å². The van der Waals surface area contributed by atoms with Gasteiger partial charge in [0.05, 0.1) is 28.8 Å². The maximum absolute atomic E-state index is 14.7. The second-order valence-electron chi connectivity index (χ2n) is 7.75. The van der Waals surface area contributed by atoms with Crippen molar-refractivity contribution in [2.24, 2.45) is 0 Å². The van der Waals surface area contributed by atoms with Crippen molar-refractivity contribution in [1.82, 2.24) is 14.9 Å². The molecule has 168 valence electrons. The van der Waals surface area contributed by atoms with Gasteiger partial charge in [-0.3, -0.25) is 4.79 Å². The zero-order valence-electron chi connectivity index (χ0n) is 17.2. The molecule has 1 atom stereocenters. The first-order chi connectivity index (χ1) is 15.9. The number of rotatable bonds is 4. The lowest BCUT2D eigenvalue weighted by atomic mass is 9.99. The Labute approximate surface area is 191 Å². The Bertz CT molecular complexity index is 1310. The quantitative estimate of drug-likeness (QED) is 0.400. The number of nitrogens with zero attached hydrogens (tertiary/aromatic N) is 3. The van der Waals surface area contributed by atoms with E-state index in [4.69, 9.17) is 4.74 Å². The zero-order chi connectivity index (χ0) is 23.0. The number of hydrogen-bond donors (Lipinski definition) is 0. The Kier molecular flexibility index (Phi) is 5.49. The monoisotopic (exact) mass is 469 g/mol. The summed E-state index contributed by atoms with van der Waals surface area (Å²) >= 11 is 1.31. The molecule has 4 aromatic rings. The smallest absolute Gasteiger partial charge is 0.287 e. The van der Waals surface area contributed by atoms with E-state index in [0.29, 0.717) is 16.8 Å². The van der Waals surface area contributed by atoms with Crippen LogP contribution in [0.1, 0.15) is 16.8 Å². The highest BCUT2D eigenvalue weighted by Crippen LogP contribution is 2.34. The van der Waals surface area contributed by atoms with Crippen molar-refractivity contribution in [3.8, 4) is 17.1 Å². The van der Waals surface area contributed by atoms with Crippen LogP contribution in [0, 0.1) is 5.82 Å². The molecule has 1 saturated heterocycles. The summed E-state index contributed by atoms with van der Waals surface area (Å²) in [7, 11) is 0. The lowest BCUT2D eigenvalue weighted by molar-refractivity contribution is -0.131. The Morgan fingerprint density at radius 3 is 2.79 bits per heavy atom. The molecule has 0 saturated carbocycles. The van der Waals surface area contributed by atoms with E-state index in [1.54, 1.807) is 35.2 Å². The molecule has 2 aromatic carbocycles. The van der Waals surface area contributed by atoms with E-state index >= 15 is 0 Å². The second-order valence-corrected chi connectivity index (χ2v) is 8.47. The number of halogens is 3. The maximum atomic E-state index is 14.7. The van der Waals surface area contributed by atoms with Gasteiger partial charge in [0.1, 0.15) is 5.82 Å². The summed E-state index contributed by atoms with van der Waals surface area (Å²) in [6, 6.07) is 14.8. The first-order valence-electron chi connectivity index (χ1n) is 10.3. The van der Waals surface area contributed by atoms with Gasteiger partial charge in [-0.15, -0.1) is 11.3 Å². The predicted octanol–water partition coefficient (Wildman–Crippen LogP) is 5.43. The zero-order valence-corrected chi connectivity index (χ0v) is 18.1. The normalized spacial score (nSPS) is 17.8. The van der Waals surface area contributed by atoms with Gasteiger partial charge in [-0.2, -0.15) is 0 Å². The molecule has 1 amide bonds. The third-order valence-corrected chi connectivity index (χ3v) is 6.22. The molecule has 1 aliphatic heterocycles. The summed E-state index contributed by atoms with van der Waals surface area (Å²) in [5.41, 5.74) is 2.79. The highest BCUT2D eigenvalue weighted by Gasteiger charge is 2.47. The third kappa shape index (κ3) is 4.16. The molecular weight excluding hydrogens is 451 g/mol. The van der Waals surface area contributed by atoms with Crippen LogP contribution in [0.2, 0.25) is 0 Å². The van der Waals surface area contributed by atoms with Gasteiger partial charge in [0.25, 0.3) is 11.8 Å². The average molecular weight is 469 g/mol. The summed E-state index contributed by atoms with van der Waals surface area (Å²) < 4.78 is 49.7. The van der Waals surface area contributed by atoms with Gasteiger partial charge in [-0.25, -0.2) is 23.1 Å². The molecule has 9 heteroatoms. The second kappa shape index (κ2) is 8.47. The molecular formula is C24H18F3N3O2S. The molecule has 1 aliphatic rings. The number of benzene rings is 2. The van der Waals surface area contributed by atoms with Crippen molar-refractivity contribution in [1.29, 1.82) is 0 Å². The van der Waals surface area contributed by atoms with Crippen molar-refractivity contribution in [2.45, 2.75) is 18.4 Å². The van der Waals surface area contributed by atoms with Crippen molar-refractivity contribution in [3.63, 3.8) is 0 Å². The number of amides is 1. The van der Waals surface area contributed by atoms with E-state index in [1.807, 2.05) is 12.1 Å². The largest absolute Gasteiger partial charge is 0.466 e. The Morgan fingerprint density at radius 1 is 1.12 bits per heavy atom. The number of aromatic nitrogens is 2. The standard InChI is InChI=1S/C24H18F3N3O2S/c25-17-6-3-5-16(19-13-33-14-28-19)22(17)23(31)30-11-10-24(26,27)20(12-30)32-21-9-8-15-4-1-2-7-18(15)29-21/h1-9,13-14,20H,10-12H2. The van der Waals surface area contributed by atoms with Crippen LogP contribution in [0.4, 0.5) is 13.2 Å². The fourth-order valence-corrected chi connectivity index (χ4v) is 4.45. The number of hydrogen-bond acceptors (Lipinski definition) is 5. The molecule has 0 bridgehead atoms. The van der Waals surface area contributed by atoms with Crippen molar-refractivity contribution in [2.75, 3.05) is 13.1 Å². The van der Waals surface area contributed by atoms with E-state index < -0.39 is 36.7 Å². The molecule has 33 heavy (non-hydrogen) atoms. The fourth-order valence-electron chi connectivity index (χ4n) is 3.90.